The van der Waals surface area contributed by atoms with Crippen molar-refractivity contribution in [1.82, 2.24) is 0 Å². The molecule has 23 heavy (non-hydrogen) atoms. The molecule has 112 valence electrons. The van der Waals surface area contributed by atoms with Gasteiger partial charge in [0, 0.05) is 11.1 Å². The highest BCUT2D eigenvalue weighted by atomic mass is 16.7. The van der Waals surface area contributed by atoms with Gasteiger partial charge in [-0.1, -0.05) is 78.9 Å². The van der Waals surface area contributed by atoms with Crippen LogP contribution in [0, 0.1) is 0 Å². The van der Waals surface area contributed by atoms with E-state index in [1.54, 1.807) is 0 Å². The first-order valence-electron chi connectivity index (χ1n) is 7.94. The molecule has 3 aromatic carbocycles. The minimum atomic E-state index is -0.770. The summed E-state index contributed by atoms with van der Waals surface area (Å²) in [4.78, 5) is 0. The Balaban J connectivity index is 1.66. The fourth-order valence-corrected chi connectivity index (χ4v) is 3.73. The Kier molecular flexibility index (Phi) is 2.72. The van der Waals surface area contributed by atoms with Gasteiger partial charge in [-0.2, -0.15) is 0 Å². The molecule has 0 radical (unpaired) electrons. The van der Waals surface area contributed by atoms with Crippen LogP contribution in [0.2, 0.25) is 0 Å². The average Bonchev–Trinajstić information content (AvgIpc) is 3.19. The van der Waals surface area contributed by atoms with E-state index >= 15 is 0 Å². The van der Waals surface area contributed by atoms with E-state index in [0.717, 1.165) is 16.7 Å². The number of hydrogen-bond donors (Lipinski definition) is 0. The minimum absolute atomic E-state index is 0.0459. The van der Waals surface area contributed by atoms with Crippen molar-refractivity contribution in [2.75, 3.05) is 6.61 Å². The van der Waals surface area contributed by atoms with Gasteiger partial charge in [0.1, 0.15) is 6.10 Å². The third-order valence-electron chi connectivity index (χ3n) is 4.77. The minimum Gasteiger partial charge on any atom is -0.339 e. The second-order valence-corrected chi connectivity index (χ2v) is 6.04. The molecule has 0 amide bonds. The normalized spacial score (nSPS) is 20.4. The molecule has 5 rings (SSSR count). The number of fused-ring (bicyclic) bond motifs is 5. The molecule has 0 N–H and O–H groups in total. The first-order chi connectivity index (χ1) is 11.4. The van der Waals surface area contributed by atoms with Crippen LogP contribution in [-0.2, 0) is 15.3 Å². The lowest BCUT2D eigenvalue weighted by Gasteiger charge is -2.25. The van der Waals surface area contributed by atoms with Gasteiger partial charge in [-0.25, -0.2) is 0 Å². The Bertz CT molecular complexity index is 824. The van der Waals surface area contributed by atoms with E-state index in [1.165, 1.54) is 11.1 Å². The molecule has 2 aliphatic rings. The fourth-order valence-electron chi connectivity index (χ4n) is 3.73. The lowest BCUT2D eigenvalue weighted by Crippen LogP contribution is -2.26. The molecular formula is C21H16O2. The van der Waals surface area contributed by atoms with E-state index < -0.39 is 5.79 Å². The monoisotopic (exact) mass is 300 g/mol. The van der Waals surface area contributed by atoms with Gasteiger partial charge in [-0.15, -0.1) is 0 Å². The highest BCUT2D eigenvalue weighted by Gasteiger charge is 2.51. The molecule has 0 bridgehead atoms. The van der Waals surface area contributed by atoms with Crippen LogP contribution in [0.25, 0.3) is 11.1 Å². The molecule has 3 aromatic rings. The van der Waals surface area contributed by atoms with E-state index in [4.69, 9.17) is 9.47 Å². The summed E-state index contributed by atoms with van der Waals surface area (Å²) in [6.07, 6.45) is -0.0459. The van der Waals surface area contributed by atoms with Crippen LogP contribution in [0.5, 0.6) is 0 Å². The van der Waals surface area contributed by atoms with Crippen LogP contribution < -0.4 is 0 Å². The van der Waals surface area contributed by atoms with Gasteiger partial charge in [-0.3, -0.25) is 0 Å². The zero-order valence-electron chi connectivity index (χ0n) is 12.6. The molecule has 1 spiro atoms. The summed E-state index contributed by atoms with van der Waals surface area (Å²) < 4.78 is 12.8. The van der Waals surface area contributed by atoms with Gasteiger partial charge in [0.15, 0.2) is 0 Å². The quantitative estimate of drug-likeness (QED) is 0.651. The zero-order chi connectivity index (χ0) is 15.3. The molecule has 1 fully saturated rings. The first-order valence-corrected chi connectivity index (χ1v) is 7.94. The summed E-state index contributed by atoms with van der Waals surface area (Å²) >= 11 is 0. The molecule has 0 unspecified atom stereocenters. The van der Waals surface area contributed by atoms with Crippen molar-refractivity contribution in [3.8, 4) is 11.1 Å². The van der Waals surface area contributed by atoms with Crippen LogP contribution in [-0.4, -0.2) is 6.61 Å². The molecule has 1 heterocycles. The third kappa shape index (κ3) is 1.76. The summed E-state index contributed by atoms with van der Waals surface area (Å²) in [6.45, 7) is 0.562. The van der Waals surface area contributed by atoms with Gasteiger partial charge < -0.3 is 9.47 Å². The second-order valence-electron chi connectivity index (χ2n) is 6.04. The van der Waals surface area contributed by atoms with E-state index in [2.05, 4.69) is 60.7 Å². The molecular weight excluding hydrogens is 284 g/mol. The van der Waals surface area contributed by atoms with Crippen molar-refractivity contribution < 1.29 is 9.47 Å². The average molecular weight is 300 g/mol. The fraction of sp³-hybridized carbons (Fsp3) is 0.143. The number of rotatable bonds is 1. The van der Waals surface area contributed by atoms with E-state index in [0.29, 0.717) is 6.61 Å². The maximum absolute atomic E-state index is 6.53. The Morgan fingerprint density at radius 2 is 1.26 bits per heavy atom. The third-order valence-corrected chi connectivity index (χ3v) is 4.77. The maximum Gasteiger partial charge on any atom is 0.224 e. The predicted octanol–water partition coefficient (Wildman–Crippen LogP) is 4.66. The van der Waals surface area contributed by atoms with Gasteiger partial charge in [0.2, 0.25) is 5.79 Å². The van der Waals surface area contributed by atoms with Crippen molar-refractivity contribution >= 4 is 0 Å². The highest BCUT2D eigenvalue weighted by molar-refractivity contribution is 5.79. The van der Waals surface area contributed by atoms with Gasteiger partial charge in [-0.05, 0) is 16.7 Å². The van der Waals surface area contributed by atoms with Crippen LogP contribution in [0.1, 0.15) is 22.8 Å². The summed E-state index contributed by atoms with van der Waals surface area (Å²) in [6, 6.07) is 27.1. The predicted molar refractivity (Wildman–Crippen MR) is 88.9 cm³/mol. The highest BCUT2D eigenvalue weighted by Crippen LogP contribution is 2.54. The molecule has 1 aliphatic heterocycles. The molecule has 2 nitrogen and oxygen atoms in total. The van der Waals surface area contributed by atoms with Crippen molar-refractivity contribution in [3.05, 3.63) is 95.6 Å². The van der Waals surface area contributed by atoms with Crippen LogP contribution in [0.3, 0.4) is 0 Å². The largest absolute Gasteiger partial charge is 0.339 e. The van der Waals surface area contributed by atoms with Crippen LogP contribution in [0.15, 0.2) is 78.9 Å². The summed E-state index contributed by atoms with van der Waals surface area (Å²) in [7, 11) is 0. The van der Waals surface area contributed by atoms with Crippen molar-refractivity contribution in [2.24, 2.45) is 0 Å². The second kappa shape index (κ2) is 4.79. The summed E-state index contributed by atoms with van der Waals surface area (Å²) in [5.41, 5.74) is 5.79. The lowest BCUT2D eigenvalue weighted by molar-refractivity contribution is -0.140. The summed E-state index contributed by atoms with van der Waals surface area (Å²) in [5.74, 6) is -0.770. The van der Waals surface area contributed by atoms with Crippen LogP contribution in [0.4, 0.5) is 0 Å². The molecule has 0 saturated carbocycles. The van der Waals surface area contributed by atoms with Gasteiger partial charge >= 0.3 is 0 Å². The lowest BCUT2D eigenvalue weighted by atomic mass is 10.0. The Morgan fingerprint density at radius 1 is 0.696 bits per heavy atom. The Morgan fingerprint density at radius 3 is 1.91 bits per heavy atom. The number of ether oxygens (including phenoxy) is 2. The van der Waals surface area contributed by atoms with E-state index in [1.807, 2.05) is 18.2 Å². The van der Waals surface area contributed by atoms with Gasteiger partial charge in [0.25, 0.3) is 0 Å². The first kappa shape index (κ1) is 13.1. The standard InChI is InChI=1S/C21H16O2/c1-2-8-15(9-3-1)20-14-22-21(23-20)18-12-6-4-10-16(18)17-11-5-7-13-19(17)21/h1-13,20H,14H2/t20-/m0/s1. The van der Waals surface area contributed by atoms with Crippen molar-refractivity contribution in [2.45, 2.75) is 11.9 Å². The number of hydrogen-bond acceptors (Lipinski definition) is 2. The molecule has 1 atom stereocenters. The zero-order valence-corrected chi connectivity index (χ0v) is 12.6. The Labute approximate surface area is 135 Å². The molecule has 1 aliphatic carbocycles. The maximum atomic E-state index is 6.53. The van der Waals surface area contributed by atoms with E-state index in [-0.39, 0.29) is 6.10 Å². The van der Waals surface area contributed by atoms with E-state index in [9.17, 15) is 0 Å². The van der Waals surface area contributed by atoms with Crippen LogP contribution >= 0.6 is 0 Å². The number of benzene rings is 3. The topological polar surface area (TPSA) is 18.5 Å². The van der Waals surface area contributed by atoms with Crippen molar-refractivity contribution in [1.29, 1.82) is 0 Å². The summed E-state index contributed by atoms with van der Waals surface area (Å²) in [5, 5.41) is 0. The van der Waals surface area contributed by atoms with Crippen molar-refractivity contribution in [3.63, 3.8) is 0 Å². The SMILES string of the molecule is c1ccc([C@@H]2COC3(O2)c2ccccc2-c2ccccc23)cc1. The molecule has 2 heteroatoms. The molecule has 0 aromatic heterocycles. The Hall–Kier alpha value is -2.42. The molecule has 1 saturated heterocycles. The van der Waals surface area contributed by atoms with Gasteiger partial charge in [0.05, 0.1) is 6.61 Å². The smallest absolute Gasteiger partial charge is 0.224 e.